The first kappa shape index (κ1) is 12.4. The van der Waals surface area contributed by atoms with E-state index in [0.29, 0.717) is 13.0 Å². The Morgan fingerprint density at radius 1 is 1.11 bits per heavy atom. The van der Waals surface area contributed by atoms with Crippen LogP contribution in [0.15, 0.2) is 54.6 Å². The van der Waals surface area contributed by atoms with E-state index in [0.717, 1.165) is 16.7 Å². The van der Waals surface area contributed by atoms with Gasteiger partial charge in [-0.3, -0.25) is 0 Å². The number of halogens is 1. The summed E-state index contributed by atoms with van der Waals surface area (Å²) in [6, 6.07) is 17.6. The third-order valence-electron chi connectivity index (χ3n) is 3.83. The van der Waals surface area contributed by atoms with Gasteiger partial charge in [0.05, 0.1) is 0 Å². The summed E-state index contributed by atoms with van der Waals surface area (Å²) in [5.74, 6) is 0. The van der Waals surface area contributed by atoms with Crippen LogP contribution >= 0.6 is 0 Å². The molecule has 98 valence electrons. The maximum atomic E-state index is 14.8. The summed E-state index contributed by atoms with van der Waals surface area (Å²) in [5.41, 5.74) is 1.98. The second kappa shape index (κ2) is 4.78. The summed E-state index contributed by atoms with van der Waals surface area (Å²) < 4.78 is 20.7. The molecule has 0 N–H and O–H groups in total. The molecule has 1 nitrogen and oxygen atoms in total. The number of ether oxygens (including phenoxy) is 1. The Morgan fingerprint density at radius 2 is 1.79 bits per heavy atom. The molecule has 1 aliphatic rings. The highest BCUT2D eigenvalue weighted by Crippen LogP contribution is 2.46. The molecule has 2 aromatic carbocycles. The maximum Gasteiger partial charge on any atom is 0.150 e. The minimum atomic E-state index is -1.03. The molecular formula is C17H17FO. The van der Waals surface area contributed by atoms with E-state index in [1.165, 1.54) is 0 Å². The first-order chi connectivity index (χ1) is 9.29. The van der Waals surface area contributed by atoms with Crippen LogP contribution in [0.25, 0.3) is 0 Å². The molecule has 0 spiro atoms. The van der Waals surface area contributed by atoms with Crippen molar-refractivity contribution in [2.45, 2.75) is 25.1 Å². The number of benzene rings is 2. The molecular weight excluding hydrogens is 239 g/mol. The molecule has 0 saturated heterocycles. The van der Waals surface area contributed by atoms with Gasteiger partial charge in [-0.05, 0) is 23.6 Å². The van der Waals surface area contributed by atoms with Crippen LogP contribution in [0.3, 0.4) is 0 Å². The summed E-state index contributed by atoms with van der Waals surface area (Å²) >= 11 is 0. The quantitative estimate of drug-likeness (QED) is 0.810. The van der Waals surface area contributed by atoms with Gasteiger partial charge in [0.25, 0.3) is 0 Å². The lowest BCUT2D eigenvalue weighted by Gasteiger charge is -2.33. The smallest absolute Gasteiger partial charge is 0.150 e. The molecule has 0 heterocycles. The molecule has 2 aromatic rings. The van der Waals surface area contributed by atoms with Gasteiger partial charge in [-0.1, -0.05) is 54.6 Å². The number of rotatable bonds is 3. The van der Waals surface area contributed by atoms with E-state index >= 15 is 0 Å². The maximum absolute atomic E-state index is 14.8. The zero-order valence-electron chi connectivity index (χ0n) is 11.0. The van der Waals surface area contributed by atoms with Crippen molar-refractivity contribution in [3.8, 4) is 0 Å². The number of fused-ring (bicyclic) bond motifs is 1. The Morgan fingerprint density at radius 3 is 2.53 bits per heavy atom. The lowest BCUT2D eigenvalue weighted by Crippen LogP contribution is -2.37. The zero-order valence-corrected chi connectivity index (χ0v) is 11.0. The lowest BCUT2D eigenvalue weighted by molar-refractivity contribution is -0.0574. The Labute approximate surface area is 113 Å². The molecule has 0 aliphatic heterocycles. The minimum absolute atomic E-state index is 0.422. The summed E-state index contributed by atoms with van der Waals surface area (Å²) in [4.78, 5) is 0. The third kappa shape index (κ3) is 1.79. The van der Waals surface area contributed by atoms with Crippen molar-refractivity contribution >= 4 is 0 Å². The molecule has 0 saturated carbocycles. The topological polar surface area (TPSA) is 9.23 Å². The fraction of sp³-hybridized carbons (Fsp3) is 0.294. The van der Waals surface area contributed by atoms with Gasteiger partial charge in [0.15, 0.2) is 0 Å². The first-order valence-corrected chi connectivity index (χ1v) is 6.71. The SMILES string of the molecule is CCO[C@]1(c2ccccc2)c2ccccc2C[C@@H]1F. The van der Waals surface area contributed by atoms with Crippen LogP contribution in [0.4, 0.5) is 4.39 Å². The van der Waals surface area contributed by atoms with Crippen molar-refractivity contribution in [2.75, 3.05) is 6.61 Å². The van der Waals surface area contributed by atoms with Crippen molar-refractivity contribution in [1.29, 1.82) is 0 Å². The normalized spacial score (nSPS) is 25.3. The second-order valence-electron chi connectivity index (χ2n) is 4.86. The predicted molar refractivity (Wildman–Crippen MR) is 73.9 cm³/mol. The average Bonchev–Trinajstić information content (AvgIpc) is 2.74. The molecule has 0 bridgehead atoms. The molecule has 3 rings (SSSR count). The van der Waals surface area contributed by atoms with Crippen molar-refractivity contribution in [3.63, 3.8) is 0 Å². The van der Waals surface area contributed by atoms with Crippen molar-refractivity contribution < 1.29 is 9.13 Å². The predicted octanol–water partition coefficient (Wildman–Crippen LogP) is 3.86. The van der Waals surface area contributed by atoms with Gasteiger partial charge in [-0.15, -0.1) is 0 Å². The van der Waals surface area contributed by atoms with Crippen molar-refractivity contribution in [1.82, 2.24) is 0 Å². The van der Waals surface area contributed by atoms with Crippen LogP contribution in [-0.2, 0) is 16.8 Å². The van der Waals surface area contributed by atoms with E-state index in [-0.39, 0.29) is 0 Å². The van der Waals surface area contributed by atoms with Crippen LogP contribution < -0.4 is 0 Å². The molecule has 0 amide bonds. The van der Waals surface area contributed by atoms with Gasteiger partial charge < -0.3 is 4.74 Å². The number of alkyl halides is 1. The van der Waals surface area contributed by atoms with Crippen LogP contribution in [0.1, 0.15) is 23.6 Å². The Hall–Kier alpha value is -1.67. The molecule has 1 aliphatic carbocycles. The Kier molecular flexibility index (Phi) is 3.11. The molecule has 0 aromatic heterocycles. The van der Waals surface area contributed by atoms with Gasteiger partial charge in [-0.25, -0.2) is 4.39 Å². The summed E-state index contributed by atoms with van der Waals surface area (Å²) in [7, 11) is 0. The molecule has 2 heteroatoms. The monoisotopic (exact) mass is 256 g/mol. The summed E-state index contributed by atoms with van der Waals surface area (Å²) in [5, 5.41) is 0. The van der Waals surface area contributed by atoms with Crippen molar-refractivity contribution in [3.05, 3.63) is 71.3 Å². The fourth-order valence-corrected chi connectivity index (χ4v) is 3.07. The molecule has 0 radical (unpaired) electrons. The Balaban J connectivity index is 2.21. The highest BCUT2D eigenvalue weighted by atomic mass is 19.1. The van der Waals surface area contributed by atoms with Crippen LogP contribution in [0, 0.1) is 0 Å². The van der Waals surface area contributed by atoms with Gasteiger partial charge in [0.1, 0.15) is 11.8 Å². The minimum Gasteiger partial charge on any atom is -0.363 e. The van der Waals surface area contributed by atoms with Crippen molar-refractivity contribution in [2.24, 2.45) is 0 Å². The highest BCUT2D eigenvalue weighted by molar-refractivity contribution is 5.47. The van der Waals surface area contributed by atoms with E-state index < -0.39 is 11.8 Å². The lowest BCUT2D eigenvalue weighted by atomic mass is 9.86. The van der Waals surface area contributed by atoms with Crippen LogP contribution in [0.5, 0.6) is 0 Å². The number of hydrogen-bond acceptors (Lipinski definition) is 1. The zero-order chi connectivity index (χ0) is 13.3. The molecule has 2 atom stereocenters. The van der Waals surface area contributed by atoms with Crippen LogP contribution in [-0.4, -0.2) is 12.8 Å². The van der Waals surface area contributed by atoms with E-state index in [2.05, 4.69) is 0 Å². The first-order valence-electron chi connectivity index (χ1n) is 6.71. The molecule has 0 fully saturated rings. The largest absolute Gasteiger partial charge is 0.363 e. The molecule has 19 heavy (non-hydrogen) atoms. The Bertz CT molecular complexity index is 566. The molecule has 0 unspecified atom stereocenters. The van der Waals surface area contributed by atoms with E-state index in [4.69, 9.17) is 4.74 Å². The third-order valence-corrected chi connectivity index (χ3v) is 3.83. The summed E-state index contributed by atoms with van der Waals surface area (Å²) in [6.45, 7) is 2.40. The van der Waals surface area contributed by atoms with Gasteiger partial charge in [0, 0.05) is 13.0 Å². The second-order valence-corrected chi connectivity index (χ2v) is 4.86. The van der Waals surface area contributed by atoms with E-state index in [1.807, 2.05) is 61.5 Å². The van der Waals surface area contributed by atoms with E-state index in [1.54, 1.807) is 0 Å². The van der Waals surface area contributed by atoms with Crippen LogP contribution in [0.2, 0.25) is 0 Å². The fourth-order valence-electron chi connectivity index (χ4n) is 3.07. The van der Waals surface area contributed by atoms with Gasteiger partial charge in [-0.2, -0.15) is 0 Å². The van der Waals surface area contributed by atoms with Gasteiger partial charge >= 0.3 is 0 Å². The average molecular weight is 256 g/mol. The standard InChI is InChI=1S/C17H17FO/c1-2-19-17(14-9-4-3-5-10-14)15-11-7-6-8-13(15)12-16(17)18/h3-11,16H,2,12H2,1H3/t16-,17+/m0/s1. The van der Waals surface area contributed by atoms with Gasteiger partial charge in [0.2, 0.25) is 0 Å². The number of hydrogen-bond donors (Lipinski definition) is 0. The van der Waals surface area contributed by atoms with E-state index in [9.17, 15) is 4.39 Å². The highest BCUT2D eigenvalue weighted by Gasteiger charge is 2.49. The summed E-state index contributed by atoms with van der Waals surface area (Å²) in [6.07, 6.45) is -0.613.